The monoisotopic (exact) mass is 237 g/mol. The number of hydrogen-bond donors (Lipinski definition) is 2. The van der Waals surface area contributed by atoms with E-state index in [1.165, 1.54) is 6.42 Å². The Balaban J connectivity index is 2.34. The number of nitrogens with zero attached hydrogens (tertiary/aromatic N) is 3. The summed E-state index contributed by atoms with van der Waals surface area (Å²) >= 11 is 0. The predicted molar refractivity (Wildman–Crippen MR) is 72.5 cm³/mol. The molecule has 1 heterocycles. The zero-order valence-corrected chi connectivity index (χ0v) is 11.0. The smallest absolute Gasteiger partial charge is 0.224 e. The number of aromatic nitrogens is 2. The molecule has 1 aromatic rings. The van der Waals surface area contributed by atoms with E-state index in [-0.39, 0.29) is 0 Å². The maximum Gasteiger partial charge on any atom is 0.224 e. The lowest BCUT2D eigenvalue weighted by Gasteiger charge is -2.19. The zero-order valence-electron chi connectivity index (χ0n) is 11.0. The Morgan fingerprint density at radius 2 is 2.12 bits per heavy atom. The van der Waals surface area contributed by atoms with Crippen LogP contribution in [-0.4, -0.2) is 48.1 Å². The molecule has 1 aromatic heterocycles. The van der Waals surface area contributed by atoms with E-state index in [0.717, 1.165) is 32.0 Å². The normalized spacial score (nSPS) is 10.6. The molecule has 5 nitrogen and oxygen atoms in total. The van der Waals surface area contributed by atoms with Crippen LogP contribution in [0.4, 0.5) is 11.8 Å². The SMILES string of the molecule is CCCN(CC)CCNc1ccnc(NC)n1. The number of likely N-dealkylation sites (N-methyl/N-ethyl adjacent to an activating group) is 1. The molecular formula is C12H23N5. The highest BCUT2D eigenvalue weighted by atomic mass is 15.2. The van der Waals surface area contributed by atoms with Crippen molar-refractivity contribution in [3.05, 3.63) is 12.3 Å². The van der Waals surface area contributed by atoms with Gasteiger partial charge in [-0.25, -0.2) is 4.98 Å². The van der Waals surface area contributed by atoms with Gasteiger partial charge in [0.1, 0.15) is 5.82 Å². The lowest BCUT2D eigenvalue weighted by Crippen LogP contribution is -2.29. The molecule has 0 atom stereocenters. The summed E-state index contributed by atoms with van der Waals surface area (Å²) in [5.41, 5.74) is 0. The maximum atomic E-state index is 4.31. The van der Waals surface area contributed by atoms with E-state index >= 15 is 0 Å². The second-order valence-corrected chi connectivity index (χ2v) is 3.88. The molecule has 1 rings (SSSR count). The van der Waals surface area contributed by atoms with Crippen LogP contribution >= 0.6 is 0 Å². The summed E-state index contributed by atoms with van der Waals surface area (Å²) in [6.07, 6.45) is 2.95. The molecule has 0 spiro atoms. The molecule has 2 N–H and O–H groups in total. The standard InChI is InChI=1S/C12H23N5/c1-4-9-17(5-2)10-8-14-11-6-7-15-12(13-3)16-11/h6-7H,4-5,8-10H2,1-3H3,(H2,13,14,15,16). The van der Waals surface area contributed by atoms with Gasteiger partial charge in [0.2, 0.25) is 5.95 Å². The van der Waals surface area contributed by atoms with Gasteiger partial charge >= 0.3 is 0 Å². The summed E-state index contributed by atoms with van der Waals surface area (Å²) in [4.78, 5) is 10.8. The summed E-state index contributed by atoms with van der Waals surface area (Å²) in [5, 5.41) is 6.24. The third kappa shape index (κ3) is 4.99. The Morgan fingerprint density at radius 3 is 2.76 bits per heavy atom. The first-order valence-electron chi connectivity index (χ1n) is 6.27. The van der Waals surface area contributed by atoms with E-state index in [1.807, 2.05) is 13.1 Å². The number of anilines is 2. The molecule has 5 heteroatoms. The number of rotatable bonds is 8. The van der Waals surface area contributed by atoms with Gasteiger partial charge in [0, 0.05) is 26.3 Å². The van der Waals surface area contributed by atoms with Crippen molar-refractivity contribution in [3.63, 3.8) is 0 Å². The van der Waals surface area contributed by atoms with E-state index in [4.69, 9.17) is 0 Å². The third-order valence-corrected chi connectivity index (χ3v) is 2.60. The molecule has 0 saturated carbocycles. The largest absolute Gasteiger partial charge is 0.369 e. The van der Waals surface area contributed by atoms with Crippen molar-refractivity contribution in [3.8, 4) is 0 Å². The minimum absolute atomic E-state index is 0.649. The topological polar surface area (TPSA) is 53.1 Å². The van der Waals surface area contributed by atoms with E-state index in [2.05, 4.69) is 39.3 Å². The van der Waals surface area contributed by atoms with Crippen molar-refractivity contribution in [1.82, 2.24) is 14.9 Å². The molecule has 0 radical (unpaired) electrons. The van der Waals surface area contributed by atoms with Crippen LogP contribution in [0.2, 0.25) is 0 Å². The molecule has 0 amide bonds. The van der Waals surface area contributed by atoms with Crippen molar-refractivity contribution in [2.75, 3.05) is 43.9 Å². The Labute approximate surface area is 104 Å². The first-order chi connectivity index (χ1) is 8.30. The highest BCUT2D eigenvalue weighted by Crippen LogP contribution is 2.04. The first-order valence-corrected chi connectivity index (χ1v) is 6.27. The first kappa shape index (κ1) is 13.7. The molecule has 0 aliphatic carbocycles. The summed E-state index contributed by atoms with van der Waals surface area (Å²) in [6.45, 7) is 8.61. The van der Waals surface area contributed by atoms with Crippen molar-refractivity contribution < 1.29 is 0 Å². The fourth-order valence-electron chi connectivity index (χ4n) is 1.66. The average molecular weight is 237 g/mol. The van der Waals surface area contributed by atoms with Gasteiger partial charge in [0.05, 0.1) is 0 Å². The van der Waals surface area contributed by atoms with Gasteiger partial charge < -0.3 is 15.5 Å². The summed E-state index contributed by atoms with van der Waals surface area (Å²) in [7, 11) is 1.82. The Hall–Kier alpha value is -1.36. The predicted octanol–water partition coefficient (Wildman–Crippen LogP) is 1.66. The van der Waals surface area contributed by atoms with E-state index < -0.39 is 0 Å². The lowest BCUT2D eigenvalue weighted by atomic mass is 10.4. The average Bonchev–Trinajstić information content (AvgIpc) is 2.38. The summed E-state index contributed by atoms with van der Waals surface area (Å²) < 4.78 is 0. The van der Waals surface area contributed by atoms with Gasteiger partial charge in [0.15, 0.2) is 0 Å². The fraction of sp³-hybridized carbons (Fsp3) is 0.667. The van der Waals surface area contributed by atoms with Gasteiger partial charge in [-0.15, -0.1) is 0 Å². The van der Waals surface area contributed by atoms with Crippen molar-refractivity contribution in [2.45, 2.75) is 20.3 Å². The summed E-state index contributed by atoms with van der Waals surface area (Å²) in [5.74, 6) is 1.52. The van der Waals surface area contributed by atoms with Crippen LogP contribution in [0, 0.1) is 0 Å². The van der Waals surface area contributed by atoms with Crippen LogP contribution < -0.4 is 10.6 Å². The van der Waals surface area contributed by atoms with Crippen molar-refractivity contribution in [1.29, 1.82) is 0 Å². The molecule has 0 unspecified atom stereocenters. The molecule has 0 aliphatic heterocycles. The van der Waals surface area contributed by atoms with E-state index in [1.54, 1.807) is 6.20 Å². The Morgan fingerprint density at radius 1 is 1.29 bits per heavy atom. The minimum Gasteiger partial charge on any atom is -0.369 e. The molecule has 96 valence electrons. The molecule has 17 heavy (non-hydrogen) atoms. The van der Waals surface area contributed by atoms with Gasteiger partial charge in [-0.1, -0.05) is 13.8 Å². The Kier molecular flexibility index (Phi) is 6.32. The third-order valence-electron chi connectivity index (χ3n) is 2.60. The minimum atomic E-state index is 0.649. The number of nitrogens with one attached hydrogen (secondary N) is 2. The molecule has 0 aliphatic rings. The Bertz CT molecular complexity index is 316. The van der Waals surface area contributed by atoms with Crippen molar-refractivity contribution in [2.24, 2.45) is 0 Å². The zero-order chi connectivity index (χ0) is 12.5. The van der Waals surface area contributed by atoms with E-state index in [0.29, 0.717) is 5.95 Å². The summed E-state index contributed by atoms with van der Waals surface area (Å²) in [6, 6.07) is 1.89. The highest BCUT2D eigenvalue weighted by molar-refractivity contribution is 5.38. The van der Waals surface area contributed by atoms with Crippen LogP contribution in [0.15, 0.2) is 12.3 Å². The number of hydrogen-bond acceptors (Lipinski definition) is 5. The van der Waals surface area contributed by atoms with Crippen LogP contribution in [0.25, 0.3) is 0 Å². The fourth-order valence-corrected chi connectivity index (χ4v) is 1.66. The van der Waals surface area contributed by atoms with E-state index in [9.17, 15) is 0 Å². The van der Waals surface area contributed by atoms with Crippen LogP contribution in [0.3, 0.4) is 0 Å². The van der Waals surface area contributed by atoms with Crippen molar-refractivity contribution >= 4 is 11.8 Å². The lowest BCUT2D eigenvalue weighted by molar-refractivity contribution is 0.300. The highest BCUT2D eigenvalue weighted by Gasteiger charge is 2.01. The molecular weight excluding hydrogens is 214 g/mol. The molecule has 0 aromatic carbocycles. The van der Waals surface area contributed by atoms with Crippen LogP contribution in [-0.2, 0) is 0 Å². The van der Waals surface area contributed by atoms with Gasteiger partial charge in [0.25, 0.3) is 0 Å². The second kappa shape index (κ2) is 7.84. The second-order valence-electron chi connectivity index (χ2n) is 3.88. The van der Waals surface area contributed by atoms with Gasteiger partial charge in [-0.05, 0) is 25.6 Å². The molecule has 0 fully saturated rings. The van der Waals surface area contributed by atoms with Gasteiger partial charge in [-0.3, -0.25) is 0 Å². The van der Waals surface area contributed by atoms with Crippen LogP contribution in [0.5, 0.6) is 0 Å². The van der Waals surface area contributed by atoms with Gasteiger partial charge in [-0.2, -0.15) is 4.98 Å². The maximum absolute atomic E-state index is 4.31. The van der Waals surface area contributed by atoms with Crippen LogP contribution in [0.1, 0.15) is 20.3 Å². The molecule has 0 bridgehead atoms. The molecule has 0 saturated heterocycles. The quantitative estimate of drug-likeness (QED) is 0.720.